The first-order valence-corrected chi connectivity index (χ1v) is 10.4. The smallest absolute Gasteiger partial charge is 0.411 e. The van der Waals surface area contributed by atoms with Gasteiger partial charge in [0.1, 0.15) is 6.61 Å². The van der Waals surface area contributed by atoms with Gasteiger partial charge >= 0.3 is 6.09 Å². The van der Waals surface area contributed by atoms with Crippen molar-refractivity contribution < 1.29 is 19.4 Å². The molecule has 0 saturated heterocycles. The summed E-state index contributed by atoms with van der Waals surface area (Å²) in [5.41, 5.74) is 0.877. The second-order valence-corrected chi connectivity index (χ2v) is 8.61. The number of carboxylic acid groups (broad SMARTS) is 1. The normalized spacial score (nSPS) is 18.6. The van der Waals surface area contributed by atoms with Crippen LogP contribution in [0.1, 0.15) is 24.5 Å². The van der Waals surface area contributed by atoms with Crippen molar-refractivity contribution in [1.29, 1.82) is 0 Å². The first-order valence-electron chi connectivity index (χ1n) is 9.62. The first kappa shape index (κ1) is 20.8. The highest BCUT2D eigenvalue weighted by molar-refractivity contribution is 7.25. The standard InChI is InChI=1S/C23H21N3O4S/c1-23(13-20(27)26(2)21(25-23)24-22(28)29)15-7-9-19-17(12-15)16-11-14(5-4-10-30-3)6-8-18(16)31-19/h6-9,11-12H,10,13H2,1-3H3,(H,24,25)(H,28,29). The number of thiophene rings is 1. The molecule has 0 radical (unpaired) electrons. The summed E-state index contributed by atoms with van der Waals surface area (Å²) in [7, 11) is 3.12. The Labute approximate surface area is 183 Å². The summed E-state index contributed by atoms with van der Waals surface area (Å²) >= 11 is 1.69. The Morgan fingerprint density at radius 2 is 2.00 bits per heavy atom. The van der Waals surface area contributed by atoms with E-state index in [1.165, 1.54) is 11.9 Å². The lowest BCUT2D eigenvalue weighted by molar-refractivity contribution is -0.128. The molecule has 2 heterocycles. The first-order chi connectivity index (χ1) is 14.8. The second kappa shape index (κ2) is 8.02. The minimum Gasteiger partial charge on any atom is -0.465 e. The van der Waals surface area contributed by atoms with Gasteiger partial charge in [-0.2, -0.15) is 0 Å². The van der Waals surface area contributed by atoms with Crippen LogP contribution < -0.4 is 5.32 Å². The fraction of sp³-hybridized carbons (Fsp3) is 0.261. The molecular weight excluding hydrogens is 414 g/mol. The number of carbonyl (C=O) groups is 2. The highest BCUT2D eigenvalue weighted by Crippen LogP contribution is 2.39. The number of ether oxygens (including phenoxy) is 1. The van der Waals surface area contributed by atoms with Gasteiger partial charge < -0.3 is 9.84 Å². The third-order valence-corrected chi connectivity index (χ3v) is 6.45. The molecule has 1 aliphatic rings. The predicted molar refractivity (Wildman–Crippen MR) is 121 cm³/mol. The molecule has 8 heteroatoms. The predicted octanol–water partition coefficient (Wildman–Crippen LogP) is 3.75. The Bertz CT molecular complexity index is 1300. The van der Waals surface area contributed by atoms with Crippen molar-refractivity contribution in [3.8, 4) is 11.8 Å². The Morgan fingerprint density at radius 1 is 1.29 bits per heavy atom. The lowest BCUT2D eigenvalue weighted by Crippen LogP contribution is -2.51. The minimum atomic E-state index is -1.26. The summed E-state index contributed by atoms with van der Waals surface area (Å²) < 4.78 is 7.26. The van der Waals surface area contributed by atoms with Gasteiger partial charge in [0.2, 0.25) is 11.9 Å². The second-order valence-electron chi connectivity index (χ2n) is 7.53. The van der Waals surface area contributed by atoms with E-state index in [0.29, 0.717) is 6.61 Å². The number of nitrogens with zero attached hydrogens (tertiary/aromatic N) is 2. The van der Waals surface area contributed by atoms with E-state index >= 15 is 0 Å². The number of hydrogen-bond acceptors (Lipinski definition) is 5. The molecule has 0 fully saturated rings. The molecule has 158 valence electrons. The van der Waals surface area contributed by atoms with Gasteiger partial charge in [-0.15, -0.1) is 11.3 Å². The molecule has 2 aromatic carbocycles. The molecule has 0 bridgehead atoms. The molecule has 1 atom stereocenters. The Balaban J connectivity index is 1.82. The minimum absolute atomic E-state index is 0.0252. The zero-order valence-electron chi connectivity index (χ0n) is 17.4. The highest BCUT2D eigenvalue weighted by Gasteiger charge is 2.37. The average molecular weight is 436 g/mol. The van der Waals surface area contributed by atoms with Gasteiger partial charge in [0.15, 0.2) is 0 Å². The van der Waals surface area contributed by atoms with Crippen LogP contribution >= 0.6 is 11.3 Å². The van der Waals surface area contributed by atoms with Gasteiger partial charge in [-0.25, -0.2) is 9.79 Å². The molecular formula is C23H21N3O4S. The maximum absolute atomic E-state index is 12.6. The number of carbonyl (C=O) groups excluding carboxylic acids is 1. The van der Waals surface area contributed by atoms with Crippen molar-refractivity contribution in [3.63, 3.8) is 0 Å². The van der Waals surface area contributed by atoms with E-state index in [1.807, 2.05) is 31.2 Å². The Hall–Kier alpha value is -3.41. The molecule has 31 heavy (non-hydrogen) atoms. The highest BCUT2D eigenvalue weighted by atomic mass is 32.1. The fourth-order valence-electron chi connectivity index (χ4n) is 3.65. The van der Waals surface area contributed by atoms with Gasteiger partial charge in [0, 0.05) is 39.9 Å². The van der Waals surface area contributed by atoms with Crippen LogP contribution in [0.2, 0.25) is 0 Å². The maximum atomic E-state index is 12.6. The molecule has 3 aromatic rings. The zero-order chi connectivity index (χ0) is 22.2. The number of methoxy groups -OCH3 is 1. The molecule has 1 aromatic heterocycles. The lowest BCUT2D eigenvalue weighted by Gasteiger charge is -2.34. The van der Waals surface area contributed by atoms with Gasteiger partial charge in [0.25, 0.3) is 0 Å². The van der Waals surface area contributed by atoms with Crippen LogP contribution in [0.4, 0.5) is 4.79 Å². The largest absolute Gasteiger partial charge is 0.465 e. The SMILES string of the molecule is COCC#Cc1ccc2sc3ccc(C4(C)CC(=O)N(C)C(NC(=O)O)=N4)cc3c2c1. The molecule has 1 unspecified atom stereocenters. The number of aliphatic imine (C=N–C) groups is 1. The number of nitrogens with one attached hydrogen (secondary N) is 1. The Kier molecular flexibility index (Phi) is 5.39. The fourth-order valence-corrected chi connectivity index (χ4v) is 4.72. The number of hydrogen-bond donors (Lipinski definition) is 2. The molecule has 0 spiro atoms. The number of benzene rings is 2. The Morgan fingerprint density at radius 3 is 2.71 bits per heavy atom. The molecule has 0 saturated carbocycles. The van der Waals surface area contributed by atoms with E-state index in [9.17, 15) is 9.59 Å². The van der Waals surface area contributed by atoms with Crippen LogP contribution in [0, 0.1) is 11.8 Å². The summed E-state index contributed by atoms with van der Waals surface area (Å²) in [6, 6.07) is 12.1. The van der Waals surface area contributed by atoms with Crippen LogP contribution in [0.5, 0.6) is 0 Å². The van der Waals surface area contributed by atoms with Crippen LogP contribution in [0.3, 0.4) is 0 Å². The van der Waals surface area contributed by atoms with Crippen LogP contribution in [-0.4, -0.2) is 48.7 Å². The van der Waals surface area contributed by atoms with Crippen molar-refractivity contribution in [2.45, 2.75) is 18.9 Å². The quantitative estimate of drug-likeness (QED) is 0.600. The van der Waals surface area contributed by atoms with Crippen molar-refractivity contribution in [2.24, 2.45) is 4.99 Å². The van der Waals surface area contributed by atoms with E-state index in [2.05, 4.69) is 34.3 Å². The zero-order valence-corrected chi connectivity index (χ0v) is 18.2. The number of fused-ring (bicyclic) bond motifs is 3. The van der Waals surface area contributed by atoms with Gasteiger partial charge in [0.05, 0.1) is 12.0 Å². The van der Waals surface area contributed by atoms with Crippen molar-refractivity contribution in [1.82, 2.24) is 10.2 Å². The molecule has 1 aliphatic heterocycles. The monoisotopic (exact) mass is 435 g/mol. The average Bonchev–Trinajstić information content (AvgIpc) is 3.09. The van der Waals surface area contributed by atoms with E-state index in [-0.39, 0.29) is 18.3 Å². The molecule has 7 nitrogen and oxygen atoms in total. The van der Waals surface area contributed by atoms with E-state index in [1.54, 1.807) is 18.4 Å². The van der Waals surface area contributed by atoms with E-state index in [4.69, 9.17) is 9.84 Å². The summed E-state index contributed by atoms with van der Waals surface area (Å²) in [5, 5.41) is 13.5. The number of amides is 2. The molecule has 0 aliphatic carbocycles. The van der Waals surface area contributed by atoms with Crippen molar-refractivity contribution in [2.75, 3.05) is 20.8 Å². The topological polar surface area (TPSA) is 91.2 Å². The van der Waals surface area contributed by atoms with Crippen molar-refractivity contribution in [3.05, 3.63) is 47.5 Å². The summed E-state index contributed by atoms with van der Waals surface area (Å²) in [4.78, 5) is 29.5. The molecule has 2 amide bonds. The number of guanidine groups is 1. The summed E-state index contributed by atoms with van der Waals surface area (Å²) in [6.45, 7) is 2.22. The van der Waals surface area contributed by atoms with Crippen LogP contribution in [-0.2, 0) is 15.1 Å². The summed E-state index contributed by atoms with van der Waals surface area (Å²) in [6.07, 6.45) is -1.11. The third kappa shape index (κ3) is 3.98. The van der Waals surface area contributed by atoms with Gasteiger partial charge in [-0.05, 0) is 42.8 Å². The lowest BCUT2D eigenvalue weighted by atomic mass is 9.87. The van der Waals surface area contributed by atoms with Crippen LogP contribution in [0.15, 0.2) is 41.4 Å². The molecule has 4 rings (SSSR count). The maximum Gasteiger partial charge on any atom is 0.411 e. The van der Waals surface area contributed by atoms with E-state index in [0.717, 1.165) is 31.3 Å². The van der Waals surface area contributed by atoms with E-state index < -0.39 is 11.6 Å². The number of rotatable bonds is 2. The van der Waals surface area contributed by atoms with Gasteiger partial charge in [-0.3, -0.25) is 15.0 Å². The summed E-state index contributed by atoms with van der Waals surface area (Å²) in [5.74, 6) is 5.90. The molecule has 2 N–H and O–H groups in total. The van der Waals surface area contributed by atoms with Crippen LogP contribution in [0.25, 0.3) is 20.2 Å². The van der Waals surface area contributed by atoms with Crippen molar-refractivity contribution >= 4 is 49.5 Å². The van der Waals surface area contributed by atoms with Gasteiger partial charge in [-0.1, -0.05) is 17.9 Å². The third-order valence-electron chi connectivity index (χ3n) is 5.30.